The summed E-state index contributed by atoms with van der Waals surface area (Å²) in [6, 6.07) is 10.4. The largest absolute Gasteiger partial charge is 0.480 e. The standard InChI is InChI=1S/C16H16O4S/c1-2-20-15(19)16(14(17)18,10-12-8-9-21-11-12)13-6-4-3-5-7-13/h3-9,11H,2,10H2,1H3,(H,17,18). The lowest BCUT2D eigenvalue weighted by Gasteiger charge is -2.27. The highest BCUT2D eigenvalue weighted by atomic mass is 32.1. The summed E-state index contributed by atoms with van der Waals surface area (Å²) in [5, 5.41) is 13.5. The highest BCUT2D eigenvalue weighted by Gasteiger charge is 2.49. The molecular weight excluding hydrogens is 288 g/mol. The van der Waals surface area contributed by atoms with Gasteiger partial charge >= 0.3 is 11.9 Å². The number of carboxylic acid groups (broad SMARTS) is 1. The summed E-state index contributed by atoms with van der Waals surface area (Å²) in [7, 11) is 0. The van der Waals surface area contributed by atoms with Crippen molar-refractivity contribution in [1.82, 2.24) is 0 Å². The molecule has 1 heterocycles. The van der Waals surface area contributed by atoms with Crippen LogP contribution in [0.1, 0.15) is 18.1 Å². The third-order valence-electron chi connectivity index (χ3n) is 3.30. The average Bonchev–Trinajstić information content (AvgIpc) is 2.98. The monoisotopic (exact) mass is 304 g/mol. The maximum absolute atomic E-state index is 12.4. The number of esters is 1. The molecule has 1 atom stereocenters. The molecule has 0 aliphatic carbocycles. The molecule has 2 aromatic rings. The van der Waals surface area contributed by atoms with Crippen molar-refractivity contribution >= 4 is 23.3 Å². The quantitative estimate of drug-likeness (QED) is 0.658. The van der Waals surface area contributed by atoms with Crippen molar-refractivity contribution in [3.8, 4) is 0 Å². The van der Waals surface area contributed by atoms with Gasteiger partial charge in [-0.15, -0.1) is 0 Å². The van der Waals surface area contributed by atoms with Crippen LogP contribution < -0.4 is 0 Å². The maximum atomic E-state index is 12.4. The fraction of sp³-hybridized carbons (Fsp3) is 0.250. The lowest BCUT2D eigenvalue weighted by molar-refractivity contribution is -0.161. The molecule has 1 aromatic carbocycles. The van der Waals surface area contributed by atoms with Gasteiger partial charge in [0.15, 0.2) is 5.41 Å². The Morgan fingerprint density at radius 2 is 1.95 bits per heavy atom. The van der Waals surface area contributed by atoms with Gasteiger partial charge in [0, 0.05) is 6.42 Å². The Morgan fingerprint density at radius 1 is 1.24 bits per heavy atom. The van der Waals surface area contributed by atoms with Crippen LogP contribution in [0.3, 0.4) is 0 Å². The zero-order valence-electron chi connectivity index (χ0n) is 11.6. The van der Waals surface area contributed by atoms with Crippen molar-refractivity contribution < 1.29 is 19.4 Å². The number of thiophene rings is 1. The summed E-state index contributed by atoms with van der Waals surface area (Å²) >= 11 is 1.47. The van der Waals surface area contributed by atoms with Crippen molar-refractivity contribution in [1.29, 1.82) is 0 Å². The van der Waals surface area contributed by atoms with E-state index in [-0.39, 0.29) is 13.0 Å². The third kappa shape index (κ3) is 2.97. The number of rotatable bonds is 6. The van der Waals surface area contributed by atoms with Crippen molar-refractivity contribution in [2.45, 2.75) is 18.8 Å². The van der Waals surface area contributed by atoms with E-state index in [1.165, 1.54) is 11.3 Å². The molecule has 1 N–H and O–H groups in total. The number of hydrogen-bond donors (Lipinski definition) is 1. The van der Waals surface area contributed by atoms with Crippen molar-refractivity contribution in [2.75, 3.05) is 6.61 Å². The number of hydrogen-bond acceptors (Lipinski definition) is 4. The first-order chi connectivity index (χ1) is 10.1. The number of carboxylic acids is 1. The second-order valence-corrected chi connectivity index (χ2v) is 5.39. The molecule has 4 nitrogen and oxygen atoms in total. The van der Waals surface area contributed by atoms with E-state index in [2.05, 4.69) is 0 Å². The van der Waals surface area contributed by atoms with E-state index in [1.54, 1.807) is 37.3 Å². The zero-order chi connectivity index (χ0) is 15.3. The van der Waals surface area contributed by atoms with Gasteiger partial charge in [0.2, 0.25) is 0 Å². The molecule has 5 heteroatoms. The van der Waals surface area contributed by atoms with Gasteiger partial charge in [-0.3, -0.25) is 9.59 Å². The van der Waals surface area contributed by atoms with Crippen LogP contribution in [0.5, 0.6) is 0 Å². The summed E-state index contributed by atoms with van der Waals surface area (Å²) in [6.07, 6.45) is 0.0781. The minimum atomic E-state index is -1.71. The Morgan fingerprint density at radius 3 is 2.48 bits per heavy atom. The van der Waals surface area contributed by atoms with Crippen LogP contribution in [0, 0.1) is 0 Å². The van der Waals surface area contributed by atoms with Crippen LogP contribution >= 0.6 is 11.3 Å². The average molecular weight is 304 g/mol. The van der Waals surface area contributed by atoms with Gasteiger partial charge in [0.05, 0.1) is 6.61 Å². The summed E-state index contributed by atoms with van der Waals surface area (Å²) in [5.74, 6) is -1.92. The molecule has 0 saturated carbocycles. The van der Waals surface area contributed by atoms with Gasteiger partial charge in [0.25, 0.3) is 0 Å². The Balaban J connectivity index is 2.54. The Kier molecular flexibility index (Phi) is 4.75. The van der Waals surface area contributed by atoms with Crippen LogP contribution in [0.25, 0.3) is 0 Å². The number of carbonyl (C=O) groups is 2. The molecule has 2 rings (SSSR count). The molecule has 0 spiro atoms. The van der Waals surface area contributed by atoms with Crippen LogP contribution in [0.4, 0.5) is 0 Å². The van der Waals surface area contributed by atoms with Gasteiger partial charge in [-0.1, -0.05) is 30.3 Å². The first-order valence-corrected chi connectivity index (χ1v) is 7.52. The molecule has 0 radical (unpaired) electrons. The van der Waals surface area contributed by atoms with E-state index in [0.29, 0.717) is 5.56 Å². The molecule has 110 valence electrons. The highest BCUT2D eigenvalue weighted by Crippen LogP contribution is 2.31. The molecule has 0 aliphatic heterocycles. The summed E-state index contributed by atoms with van der Waals surface area (Å²) < 4.78 is 5.06. The molecule has 1 unspecified atom stereocenters. The number of ether oxygens (including phenoxy) is 1. The minimum Gasteiger partial charge on any atom is -0.480 e. The zero-order valence-corrected chi connectivity index (χ0v) is 12.4. The van der Waals surface area contributed by atoms with Crippen LogP contribution in [-0.2, 0) is 26.2 Å². The molecule has 0 aliphatic rings. The lowest BCUT2D eigenvalue weighted by atomic mass is 9.76. The van der Waals surface area contributed by atoms with Crippen LogP contribution in [-0.4, -0.2) is 23.7 Å². The topological polar surface area (TPSA) is 63.6 Å². The lowest BCUT2D eigenvalue weighted by Crippen LogP contribution is -2.46. The van der Waals surface area contributed by atoms with Gasteiger partial charge < -0.3 is 9.84 Å². The Labute approximate surface area is 127 Å². The minimum absolute atomic E-state index is 0.0781. The third-order valence-corrected chi connectivity index (χ3v) is 4.04. The van der Waals surface area contributed by atoms with E-state index < -0.39 is 17.4 Å². The number of carbonyl (C=O) groups excluding carboxylic acids is 1. The van der Waals surface area contributed by atoms with Crippen LogP contribution in [0.15, 0.2) is 47.2 Å². The first kappa shape index (κ1) is 15.3. The SMILES string of the molecule is CCOC(=O)C(Cc1ccsc1)(C(=O)O)c1ccccc1. The van der Waals surface area contributed by atoms with E-state index in [4.69, 9.17) is 4.74 Å². The molecule has 0 fully saturated rings. The van der Waals surface area contributed by atoms with Gasteiger partial charge in [0.1, 0.15) is 0 Å². The second-order valence-electron chi connectivity index (χ2n) is 4.61. The Hall–Kier alpha value is -2.14. The van der Waals surface area contributed by atoms with E-state index in [0.717, 1.165) is 5.56 Å². The predicted octanol–water partition coefficient (Wildman–Crippen LogP) is 2.88. The van der Waals surface area contributed by atoms with E-state index in [1.807, 2.05) is 16.8 Å². The van der Waals surface area contributed by atoms with Gasteiger partial charge in [-0.25, -0.2) is 0 Å². The van der Waals surface area contributed by atoms with Crippen LogP contribution in [0.2, 0.25) is 0 Å². The van der Waals surface area contributed by atoms with E-state index in [9.17, 15) is 14.7 Å². The smallest absolute Gasteiger partial charge is 0.328 e. The summed E-state index contributed by atoms with van der Waals surface area (Å²) in [6.45, 7) is 1.81. The summed E-state index contributed by atoms with van der Waals surface area (Å²) in [4.78, 5) is 24.4. The van der Waals surface area contributed by atoms with Crippen molar-refractivity contribution in [3.63, 3.8) is 0 Å². The van der Waals surface area contributed by atoms with E-state index >= 15 is 0 Å². The highest BCUT2D eigenvalue weighted by molar-refractivity contribution is 7.07. The second kappa shape index (κ2) is 6.54. The van der Waals surface area contributed by atoms with Gasteiger partial charge in [-0.05, 0) is 34.9 Å². The van der Waals surface area contributed by atoms with Crippen molar-refractivity contribution in [2.24, 2.45) is 0 Å². The first-order valence-electron chi connectivity index (χ1n) is 6.58. The predicted molar refractivity (Wildman–Crippen MR) is 80.4 cm³/mol. The summed E-state index contributed by atoms with van der Waals surface area (Å²) in [5.41, 5.74) is -0.473. The molecule has 0 amide bonds. The molecule has 0 bridgehead atoms. The molecule has 0 saturated heterocycles. The fourth-order valence-corrected chi connectivity index (χ4v) is 2.92. The number of benzene rings is 1. The number of aliphatic carboxylic acids is 1. The normalized spacial score (nSPS) is 13.4. The molecule has 21 heavy (non-hydrogen) atoms. The van der Waals surface area contributed by atoms with Crippen molar-refractivity contribution in [3.05, 3.63) is 58.3 Å². The van der Waals surface area contributed by atoms with Gasteiger partial charge in [-0.2, -0.15) is 11.3 Å². The molecule has 1 aromatic heterocycles. The Bertz CT molecular complexity index is 606. The fourth-order valence-electron chi connectivity index (χ4n) is 2.25. The maximum Gasteiger partial charge on any atom is 0.328 e. The molecular formula is C16H16O4S.